The van der Waals surface area contributed by atoms with Gasteiger partial charge >= 0.3 is 6.03 Å². The lowest BCUT2D eigenvalue weighted by atomic mass is 10.2. The zero-order chi connectivity index (χ0) is 20.3. The summed E-state index contributed by atoms with van der Waals surface area (Å²) in [6.45, 7) is 0.585. The smallest absolute Gasteiger partial charge is 0.319 e. The normalized spacial score (nSPS) is 16.9. The second kappa shape index (κ2) is 8.19. The van der Waals surface area contributed by atoms with Gasteiger partial charge in [0.1, 0.15) is 11.6 Å². The Morgan fingerprint density at radius 3 is 2.75 bits per heavy atom. The molecule has 1 aliphatic rings. The molecule has 1 saturated heterocycles. The van der Waals surface area contributed by atoms with Gasteiger partial charge in [-0.1, -0.05) is 0 Å². The quantitative estimate of drug-likeness (QED) is 0.763. The molecule has 0 spiro atoms. The Morgan fingerprint density at radius 1 is 1.36 bits per heavy atom. The van der Waals surface area contributed by atoms with E-state index in [4.69, 9.17) is 4.42 Å². The number of urea groups is 1. The third-order valence-electron chi connectivity index (χ3n) is 4.54. The third kappa shape index (κ3) is 4.45. The molecule has 8 nitrogen and oxygen atoms in total. The van der Waals surface area contributed by atoms with Gasteiger partial charge in [0.2, 0.25) is 10.0 Å². The topological polar surface area (TPSA) is 94.9 Å². The summed E-state index contributed by atoms with van der Waals surface area (Å²) in [5, 5.41) is 5.13. The fraction of sp³-hybridized carbons (Fsp3) is 0.389. The molecule has 1 aliphatic heterocycles. The van der Waals surface area contributed by atoms with Crippen molar-refractivity contribution in [1.29, 1.82) is 0 Å². The molecule has 0 bridgehead atoms. The van der Waals surface area contributed by atoms with Crippen LogP contribution in [0.2, 0.25) is 0 Å². The van der Waals surface area contributed by atoms with Crippen LogP contribution in [0.5, 0.6) is 0 Å². The van der Waals surface area contributed by atoms with Crippen LogP contribution in [-0.2, 0) is 10.0 Å². The maximum absolute atomic E-state index is 14.1. The van der Waals surface area contributed by atoms with Crippen molar-refractivity contribution in [3.63, 3.8) is 0 Å². The van der Waals surface area contributed by atoms with Gasteiger partial charge in [0.15, 0.2) is 0 Å². The molecular formula is C18H23FN4O4S. The van der Waals surface area contributed by atoms with E-state index in [0.29, 0.717) is 24.4 Å². The van der Waals surface area contributed by atoms with Crippen molar-refractivity contribution in [1.82, 2.24) is 10.2 Å². The van der Waals surface area contributed by atoms with E-state index < -0.39 is 21.9 Å². The Balaban J connectivity index is 1.67. The number of anilines is 2. The molecule has 1 aromatic carbocycles. The summed E-state index contributed by atoms with van der Waals surface area (Å²) in [7, 11) is 0.319. The predicted molar refractivity (Wildman–Crippen MR) is 104 cm³/mol. The van der Waals surface area contributed by atoms with Crippen LogP contribution in [0.3, 0.4) is 0 Å². The van der Waals surface area contributed by atoms with Crippen molar-refractivity contribution >= 4 is 27.4 Å². The van der Waals surface area contributed by atoms with E-state index in [2.05, 4.69) is 10.6 Å². The van der Waals surface area contributed by atoms with Crippen molar-refractivity contribution in [3.05, 3.63) is 48.2 Å². The molecule has 2 heterocycles. The number of benzene rings is 1. The van der Waals surface area contributed by atoms with Crippen LogP contribution in [0.15, 0.2) is 41.0 Å². The summed E-state index contributed by atoms with van der Waals surface area (Å²) in [6, 6.07) is 6.65. The summed E-state index contributed by atoms with van der Waals surface area (Å²) in [5.74, 6) is 0.107. The highest BCUT2D eigenvalue weighted by atomic mass is 32.2. The Morgan fingerprint density at radius 2 is 2.14 bits per heavy atom. The maximum atomic E-state index is 14.1. The van der Waals surface area contributed by atoms with E-state index in [9.17, 15) is 17.6 Å². The van der Waals surface area contributed by atoms with Gasteiger partial charge < -0.3 is 15.1 Å². The zero-order valence-corrected chi connectivity index (χ0v) is 16.5. The van der Waals surface area contributed by atoms with Gasteiger partial charge in [-0.25, -0.2) is 17.6 Å². The molecule has 0 radical (unpaired) electrons. The van der Waals surface area contributed by atoms with Crippen molar-refractivity contribution in [2.45, 2.75) is 12.5 Å². The highest BCUT2D eigenvalue weighted by Gasteiger charge is 2.29. The average molecular weight is 410 g/mol. The van der Waals surface area contributed by atoms with Crippen molar-refractivity contribution in [3.8, 4) is 0 Å². The van der Waals surface area contributed by atoms with Gasteiger partial charge in [-0.3, -0.25) is 9.21 Å². The van der Waals surface area contributed by atoms with Gasteiger partial charge in [0, 0.05) is 13.1 Å². The SMILES string of the molecule is CN(C)C(CNC(=O)Nc1cc(N2CCCS2(=O)=O)ccc1F)c1ccco1. The number of nitrogens with zero attached hydrogens (tertiary/aromatic N) is 2. The Bertz CT molecular complexity index is 931. The van der Waals surface area contributed by atoms with E-state index in [1.165, 1.54) is 16.4 Å². The minimum atomic E-state index is -3.39. The van der Waals surface area contributed by atoms with Crippen molar-refractivity contribution < 1.29 is 22.0 Å². The molecule has 152 valence electrons. The molecular weight excluding hydrogens is 387 g/mol. The standard InChI is InChI=1S/C18H23FN4O4S/c1-22(2)16(17-5-3-9-27-17)12-20-18(24)21-15-11-13(6-7-14(15)19)23-8-4-10-28(23,25)26/h3,5-7,9,11,16H,4,8,10,12H2,1-2H3,(H2,20,21,24). The lowest BCUT2D eigenvalue weighted by Crippen LogP contribution is -2.37. The summed E-state index contributed by atoms with van der Waals surface area (Å²) in [4.78, 5) is 14.1. The molecule has 2 N–H and O–H groups in total. The molecule has 0 saturated carbocycles. The molecule has 2 amide bonds. The van der Waals surface area contributed by atoms with E-state index in [1.54, 1.807) is 12.3 Å². The molecule has 3 rings (SSSR count). The second-order valence-electron chi connectivity index (χ2n) is 6.74. The molecule has 1 unspecified atom stereocenters. The van der Waals surface area contributed by atoms with Gasteiger partial charge in [-0.15, -0.1) is 0 Å². The predicted octanol–water partition coefficient (Wildman–Crippen LogP) is 2.38. The Hall–Kier alpha value is -2.59. The van der Waals surface area contributed by atoms with Crippen LogP contribution in [0, 0.1) is 5.82 Å². The molecule has 2 aromatic rings. The van der Waals surface area contributed by atoms with Crippen LogP contribution < -0.4 is 14.9 Å². The first-order chi connectivity index (χ1) is 13.3. The molecule has 1 atom stereocenters. The minimum Gasteiger partial charge on any atom is -0.468 e. The van der Waals surface area contributed by atoms with Crippen LogP contribution >= 0.6 is 0 Å². The first kappa shape index (κ1) is 20.2. The molecule has 1 aromatic heterocycles. The fourth-order valence-corrected chi connectivity index (χ4v) is 4.62. The van der Waals surface area contributed by atoms with Crippen molar-refractivity contribution in [2.24, 2.45) is 0 Å². The minimum absolute atomic E-state index is 0.0618. The molecule has 0 aliphatic carbocycles. The highest BCUT2D eigenvalue weighted by molar-refractivity contribution is 7.93. The first-order valence-electron chi connectivity index (χ1n) is 8.82. The summed E-state index contributed by atoms with van der Waals surface area (Å²) in [5.41, 5.74) is 0.243. The van der Waals surface area contributed by atoms with Crippen LogP contribution in [-0.4, -0.2) is 52.3 Å². The van der Waals surface area contributed by atoms with Gasteiger partial charge in [-0.05, 0) is 50.8 Å². The lowest BCUT2D eigenvalue weighted by molar-refractivity contribution is 0.233. The number of rotatable bonds is 6. The lowest BCUT2D eigenvalue weighted by Gasteiger charge is -2.23. The van der Waals surface area contributed by atoms with Crippen LogP contribution in [0.1, 0.15) is 18.2 Å². The maximum Gasteiger partial charge on any atom is 0.319 e. The fourth-order valence-electron chi connectivity index (χ4n) is 3.07. The number of carbonyl (C=O) groups excluding carboxylic acids is 1. The highest BCUT2D eigenvalue weighted by Crippen LogP contribution is 2.28. The number of likely N-dealkylation sites (N-methyl/N-ethyl adjacent to an activating group) is 1. The summed E-state index contributed by atoms with van der Waals surface area (Å²) in [6.07, 6.45) is 2.07. The van der Waals surface area contributed by atoms with E-state index in [0.717, 1.165) is 6.07 Å². The number of halogens is 1. The van der Waals surface area contributed by atoms with Crippen LogP contribution in [0.25, 0.3) is 0 Å². The molecule has 1 fully saturated rings. The van der Waals surface area contributed by atoms with Gasteiger partial charge in [0.05, 0.1) is 29.4 Å². The monoisotopic (exact) mass is 410 g/mol. The number of nitrogens with one attached hydrogen (secondary N) is 2. The summed E-state index contributed by atoms with van der Waals surface area (Å²) >= 11 is 0. The Kier molecular flexibility index (Phi) is 5.90. The Labute approximate surface area is 163 Å². The third-order valence-corrected chi connectivity index (χ3v) is 6.41. The van der Waals surface area contributed by atoms with Gasteiger partial charge in [0.25, 0.3) is 0 Å². The molecule has 28 heavy (non-hydrogen) atoms. The molecule has 10 heteroatoms. The first-order valence-corrected chi connectivity index (χ1v) is 10.4. The van der Waals surface area contributed by atoms with E-state index in [-0.39, 0.29) is 24.0 Å². The van der Waals surface area contributed by atoms with E-state index in [1.807, 2.05) is 25.1 Å². The number of hydrogen-bond donors (Lipinski definition) is 2. The summed E-state index contributed by atoms with van der Waals surface area (Å²) < 4.78 is 44.8. The zero-order valence-electron chi connectivity index (χ0n) is 15.7. The largest absolute Gasteiger partial charge is 0.468 e. The van der Waals surface area contributed by atoms with E-state index >= 15 is 0 Å². The number of furan rings is 1. The van der Waals surface area contributed by atoms with Crippen LogP contribution in [0.4, 0.5) is 20.6 Å². The van der Waals surface area contributed by atoms with Crippen molar-refractivity contribution in [2.75, 3.05) is 42.6 Å². The number of amides is 2. The number of hydrogen-bond acceptors (Lipinski definition) is 5. The van der Waals surface area contributed by atoms with Gasteiger partial charge in [-0.2, -0.15) is 0 Å². The number of sulfonamides is 1. The second-order valence-corrected chi connectivity index (χ2v) is 8.75. The average Bonchev–Trinajstić information content (AvgIpc) is 3.26. The number of carbonyl (C=O) groups is 1.